The van der Waals surface area contributed by atoms with Gasteiger partial charge in [-0.25, -0.2) is 0 Å². The normalized spacial score (nSPS) is 10.2. The smallest absolute Gasteiger partial charge is 0.224 e. The molecule has 0 fully saturated rings. The Kier molecular flexibility index (Phi) is 6.73. The van der Waals surface area contributed by atoms with E-state index in [1.165, 1.54) is 6.92 Å². The molecule has 1 aromatic carbocycles. The lowest BCUT2D eigenvalue weighted by Gasteiger charge is -2.17. The maximum absolute atomic E-state index is 11.8. The second kappa shape index (κ2) is 8.32. The van der Waals surface area contributed by atoms with Gasteiger partial charge >= 0.3 is 0 Å². The van der Waals surface area contributed by atoms with Gasteiger partial charge in [-0.05, 0) is 24.5 Å². The maximum atomic E-state index is 11.8. The average Bonchev–Trinajstić information content (AvgIpc) is 2.41. The molecule has 1 rings (SSSR count). The number of benzene rings is 1. The summed E-state index contributed by atoms with van der Waals surface area (Å²) in [6.45, 7) is 2.08. The molecule has 20 heavy (non-hydrogen) atoms. The van der Waals surface area contributed by atoms with Crippen LogP contribution in [0.1, 0.15) is 31.7 Å². The molecule has 0 heterocycles. The van der Waals surface area contributed by atoms with Gasteiger partial charge in [0.2, 0.25) is 11.8 Å². The third kappa shape index (κ3) is 5.40. The summed E-state index contributed by atoms with van der Waals surface area (Å²) >= 11 is 0. The summed E-state index contributed by atoms with van der Waals surface area (Å²) in [5, 5.41) is 11.6. The lowest BCUT2D eigenvalue weighted by atomic mass is 10.1. The zero-order chi connectivity index (χ0) is 15.0. The highest BCUT2D eigenvalue weighted by molar-refractivity contribution is 5.91. The molecule has 0 aliphatic rings. The molecule has 0 unspecified atom stereocenters. The van der Waals surface area contributed by atoms with Gasteiger partial charge in [-0.3, -0.25) is 9.59 Å². The Morgan fingerprint density at radius 2 is 1.95 bits per heavy atom. The van der Waals surface area contributed by atoms with Crippen molar-refractivity contribution in [3.8, 4) is 0 Å². The van der Waals surface area contributed by atoms with Crippen molar-refractivity contribution in [2.45, 2.75) is 32.7 Å². The van der Waals surface area contributed by atoms with Crippen LogP contribution in [0, 0.1) is 0 Å². The summed E-state index contributed by atoms with van der Waals surface area (Å²) in [6.07, 6.45) is 1.68. The number of para-hydroxylation sites is 1. The first-order valence-electron chi connectivity index (χ1n) is 6.75. The SMILES string of the molecule is CC(=O)N(C)Cc1ccccc1NC(=O)CCCCO. The number of amides is 2. The van der Waals surface area contributed by atoms with Crippen LogP contribution in [0.4, 0.5) is 5.69 Å². The topological polar surface area (TPSA) is 69.6 Å². The van der Waals surface area contributed by atoms with Crippen molar-refractivity contribution in [3.05, 3.63) is 29.8 Å². The predicted octanol–water partition coefficient (Wildman–Crippen LogP) is 1.77. The van der Waals surface area contributed by atoms with Crippen LogP contribution in [0.5, 0.6) is 0 Å². The van der Waals surface area contributed by atoms with Gasteiger partial charge in [-0.15, -0.1) is 0 Å². The maximum Gasteiger partial charge on any atom is 0.224 e. The first-order valence-corrected chi connectivity index (χ1v) is 6.75. The summed E-state index contributed by atoms with van der Waals surface area (Å²) in [5.74, 6) is -0.0922. The summed E-state index contributed by atoms with van der Waals surface area (Å²) in [6, 6.07) is 7.45. The van der Waals surface area contributed by atoms with E-state index in [0.717, 1.165) is 11.3 Å². The molecule has 5 nitrogen and oxygen atoms in total. The summed E-state index contributed by atoms with van der Waals surface area (Å²) in [7, 11) is 1.72. The minimum Gasteiger partial charge on any atom is -0.396 e. The Labute approximate surface area is 119 Å². The standard InChI is InChI=1S/C15H22N2O3/c1-12(19)17(2)11-13-7-3-4-8-14(13)16-15(20)9-5-6-10-18/h3-4,7-8,18H,5-6,9-11H2,1-2H3,(H,16,20). The summed E-state index contributed by atoms with van der Waals surface area (Å²) < 4.78 is 0. The van der Waals surface area contributed by atoms with Crippen LogP contribution in [0.15, 0.2) is 24.3 Å². The van der Waals surface area contributed by atoms with E-state index in [4.69, 9.17) is 5.11 Å². The Hall–Kier alpha value is -1.88. The number of nitrogens with zero attached hydrogens (tertiary/aromatic N) is 1. The van der Waals surface area contributed by atoms with Crippen molar-refractivity contribution in [2.24, 2.45) is 0 Å². The molecule has 0 aliphatic heterocycles. The minimum absolute atomic E-state index is 0.0194. The van der Waals surface area contributed by atoms with E-state index in [1.807, 2.05) is 24.3 Å². The van der Waals surface area contributed by atoms with Crippen LogP contribution in [-0.4, -0.2) is 35.5 Å². The highest BCUT2D eigenvalue weighted by Gasteiger charge is 2.09. The molecular formula is C15H22N2O3. The van der Waals surface area contributed by atoms with E-state index >= 15 is 0 Å². The van der Waals surface area contributed by atoms with Crippen molar-refractivity contribution in [3.63, 3.8) is 0 Å². The molecule has 0 aromatic heterocycles. The summed E-state index contributed by atoms with van der Waals surface area (Å²) in [5.41, 5.74) is 1.63. The Bertz CT molecular complexity index is 460. The number of unbranched alkanes of at least 4 members (excludes halogenated alkanes) is 1. The first kappa shape index (κ1) is 16.2. The monoisotopic (exact) mass is 278 g/mol. The number of hydrogen-bond acceptors (Lipinski definition) is 3. The van der Waals surface area contributed by atoms with E-state index < -0.39 is 0 Å². The molecule has 110 valence electrons. The molecule has 0 saturated heterocycles. The molecule has 2 N–H and O–H groups in total. The largest absolute Gasteiger partial charge is 0.396 e. The zero-order valence-corrected chi connectivity index (χ0v) is 12.1. The van der Waals surface area contributed by atoms with Crippen LogP contribution in [0.2, 0.25) is 0 Å². The lowest BCUT2D eigenvalue weighted by Crippen LogP contribution is -2.24. The fraction of sp³-hybridized carbons (Fsp3) is 0.467. The molecule has 0 atom stereocenters. The van der Waals surface area contributed by atoms with Gasteiger partial charge < -0.3 is 15.3 Å². The van der Waals surface area contributed by atoms with Crippen molar-refractivity contribution in [2.75, 3.05) is 19.0 Å². The highest BCUT2D eigenvalue weighted by Crippen LogP contribution is 2.17. The number of hydrogen-bond donors (Lipinski definition) is 2. The third-order valence-electron chi connectivity index (χ3n) is 3.05. The number of nitrogens with one attached hydrogen (secondary N) is 1. The number of carbonyl (C=O) groups is 2. The second-order valence-corrected chi connectivity index (χ2v) is 4.76. The van der Waals surface area contributed by atoms with Crippen molar-refractivity contribution in [1.29, 1.82) is 0 Å². The first-order chi connectivity index (χ1) is 9.54. The molecule has 2 amide bonds. The molecule has 0 spiro atoms. The molecule has 0 aliphatic carbocycles. The third-order valence-corrected chi connectivity index (χ3v) is 3.05. The lowest BCUT2D eigenvalue weighted by molar-refractivity contribution is -0.128. The van der Waals surface area contributed by atoms with Gasteiger partial charge in [0.1, 0.15) is 0 Å². The van der Waals surface area contributed by atoms with E-state index in [-0.39, 0.29) is 18.4 Å². The van der Waals surface area contributed by atoms with Crippen LogP contribution in [-0.2, 0) is 16.1 Å². The van der Waals surface area contributed by atoms with Gasteiger partial charge in [-0.2, -0.15) is 0 Å². The Balaban J connectivity index is 2.65. The second-order valence-electron chi connectivity index (χ2n) is 4.76. The fourth-order valence-electron chi connectivity index (χ4n) is 1.76. The van der Waals surface area contributed by atoms with Gasteiger partial charge in [0.25, 0.3) is 0 Å². The Morgan fingerprint density at radius 3 is 2.60 bits per heavy atom. The number of aliphatic hydroxyl groups excluding tert-OH is 1. The molecular weight excluding hydrogens is 256 g/mol. The van der Waals surface area contributed by atoms with Crippen LogP contribution < -0.4 is 5.32 Å². The molecule has 5 heteroatoms. The van der Waals surface area contributed by atoms with Crippen molar-refractivity contribution < 1.29 is 14.7 Å². The number of carbonyl (C=O) groups excluding carboxylic acids is 2. The minimum atomic E-state index is -0.0728. The number of aliphatic hydroxyl groups is 1. The van der Waals surface area contributed by atoms with E-state index in [1.54, 1.807) is 11.9 Å². The molecule has 0 bridgehead atoms. The Morgan fingerprint density at radius 1 is 1.25 bits per heavy atom. The van der Waals surface area contributed by atoms with Gasteiger partial charge in [-0.1, -0.05) is 18.2 Å². The van der Waals surface area contributed by atoms with Crippen molar-refractivity contribution in [1.82, 2.24) is 4.90 Å². The number of rotatable bonds is 7. The van der Waals surface area contributed by atoms with Gasteiger partial charge in [0, 0.05) is 39.2 Å². The van der Waals surface area contributed by atoms with E-state index in [0.29, 0.717) is 25.8 Å². The molecule has 1 aromatic rings. The van der Waals surface area contributed by atoms with Crippen molar-refractivity contribution >= 4 is 17.5 Å². The average molecular weight is 278 g/mol. The predicted molar refractivity (Wildman–Crippen MR) is 78.2 cm³/mol. The molecule has 0 radical (unpaired) electrons. The quantitative estimate of drug-likeness (QED) is 0.747. The van der Waals surface area contributed by atoms with Gasteiger partial charge in [0.05, 0.1) is 0 Å². The van der Waals surface area contributed by atoms with Crippen LogP contribution >= 0.6 is 0 Å². The zero-order valence-electron chi connectivity index (χ0n) is 12.1. The van der Waals surface area contributed by atoms with Crippen LogP contribution in [0.25, 0.3) is 0 Å². The van der Waals surface area contributed by atoms with Crippen LogP contribution in [0.3, 0.4) is 0 Å². The highest BCUT2D eigenvalue weighted by atomic mass is 16.3. The summed E-state index contributed by atoms with van der Waals surface area (Å²) in [4.78, 5) is 24.7. The van der Waals surface area contributed by atoms with E-state index in [9.17, 15) is 9.59 Å². The number of anilines is 1. The van der Waals surface area contributed by atoms with E-state index in [2.05, 4.69) is 5.32 Å². The van der Waals surface area contributed by atoms with Gasteiger partial charge in [0.15, 0.2) is 0 Å². The molecule has 0 saturated carbocycles. The fourth-order valence-corrected chi connectivity index (χ4v) is 1.76.